The van der Waals surface area contributed by atoms with E-state index >= 15 is 0 Å². The number of nitrogens with one attached hydrogen (secondary N) is 1. The summed E-state index contributed by atoms with van der Waals surface area (Å²) in [6, 6.07) is 16.6. The van der Waals surface area contributed by atoms with E-state index < -0.39 is 4.92 Å². The summed E-state index contributed by atoms with van der Waals surface area (Å²) in [6.07, 6.45) is 0.881. The van der Waals surface area contributed by atoms with Crippen LogP contribution >= 0.6 is 11.3 Å². The van der Waals surface area contributed by atoms with Crippen molar-refractivity contribution in [3.8, 4) is 5.75 Å². The molecule has 1 aliphatic heterocycles. The molecular weight excluding hydrogens is 402 g/mol. The first-order valence-electron chi connectivity index (χ1n) is 9.54. The van der Waals surface area contributed by atoms with E-state index in [0.717, 1.165) is 18.5 Å². The Morgan fingerprint density at radius 2 is 2.07 bits per heavy atom. The highest BCUT2D eigenvalue weighted by Crippen LogP contribution is 2.37. The highest BCUT2D eigenvalue weighted by Gasteiger charge is 2.31. The van der Waals surface area contributed by atoms with Gasteiger partial charge in [-0.15, -0.1) is 11.3 Å². The van der Waals surface area contributed by atoms with E-state index in [-0.39, 0.29) is 29.9 Å². The minimum absolute atomic E-state index is 0.0159. The number of nitro groups is 1. The van der Waals surface area contributed by atoms with Crippen LogP contribution in [0.3, 0.4) is 0 Å². The number of nitrogens with zero attached hydrogens (tertiary/aromatic N) is 2. The number of nitro benzene ring substituents is 1. The first-order valence-corrected chi connectivity index (χ1v) is 10.4. The molecule has 0 bridgehead atoms. The van der Waals surface area contributed by atoms with Crippen LogP contribution < -0.4 is 10.1 Å². The molecule has 0 unspecified atom stereocenters. The molecule has 1 N–H and O–H groups in total. The molecular formula is C22H21N3O4S. The molecule has 4 rings (SSSR count). The van der Waals surface area contributed by atoms with Crippen molar-refractivity contribution in [1.82, 2.24) is 4.90 Å². The van der Waals surface area contributed by atoms with Gasteiger partial charge in [-0.1, -0.05) is 30.3 Å². The molecule has 8 heteroatoms. The number of carbonyl (C=O) groups is 1. The predicted molar refractivity (Wildman–Crippen MR) is 116 cm³/mol. The predicted octanol–water partition coefficient (Wildman–Crippen LogP) is 4.25. The van der Waals surface area contributed by atoms with Crippen LogP contribution in [0.15, 0.2) is 60.0 Å². The molecule has 0 saturated carbocycles. The Bertz CT molecular complexity index is 1070. The Labute approximate surface area is 178 Å². The molecule has 0 radical (unpaired) electrons. The van der Waals surface area contributed by atoms with Crippen LogP contribution in [0.1, 0.15) is 22.0 Å². The molecule has 0 spiro atoms. The van der Waals surface area contributed by atoms with Crippen molar-refractivity contribution in [2.75, 3.05) is 25.5 Å². The second-order valence-electron chi connectivity index (χ2n) is 7.02. The standard InChI is InChI=1S/C22H21N3O4S/c1-29-16-7-8-18(19(13-16)25(27)28)23-21(26)14-24-11-9-20-17(10-12-30-20)22(24)15-5-3-2-4-6-15/h2-8,10,12-13,22H,9,11,14H2,1H3,(H,23,26)/t22-/m1/s1. The van der Waals surface area contributed by atoms with Gasteiger partial charge in [-0.25, -0.2) is 0 Å². The smallest absolute Gasteiger partial charge is 0.296 e. The van der Waals surface area contributed by atoms with Crippen molar-refractivity contribution in [1.29, 1.82) is 0 Å². The first-order chi connectivity index (χ1) is 14.6. The zero-order chi connectivity index (χ0) is 21.1. The maximum atomic E-state index is 12.8. The average Bonchev–Trinajstić information content (AvgIpc) is 3.23. The molecule has 154 valence electrons. The SMILES string of the molecule is COc1ccc(NC(=O)CN2CCc3sccc3[C@H]2c2ccccc2)c([N+](=O)[O-])c1. The summed E-state index contributed by atoms with van der Waals surface area (Å²) in [5, 5.41) is 16.2. The Morgan fingerprint density at radius 3 is 2.80 bits per heavy atom. The van der Waals surface area contributed by atoms with Crippen LogP contribution in [0.25, 0.3) is 0 Å². The van der Waals surface area contributed by atoms with Gasteiger partial charge >= 0.3 is 0 Å². The highest BCUT2D eigenvalue weighted by molar-refractivity contribution is 7.10. The number of benzene rings is 2. The first kappa shape index (κ1) is 20.1. The molecule has 0 fully saturated rings. The van der Waals surface area contributed by atoms with E-state index in [0.29, 0.717) is 5.75 Å². The van der Waals surface area contributed by atoms with Crippen molar-refractivity contribution in [2.45, 2.75) is 12.5 Å². The Morgan fingerprint density at radius 1 is 1.27 bits per heavy atom. The van der Waals surface area contributed by atoms with Gasteiger partial charge in [0.25, 0.3) is 5.69 Å². The van der Waals surface area contributed by atoms with Gasteiger partial charge in [0, 0.05) is 11.4 Å². The Kier molecular flexibility index (Phi) is 5.78. The van der Waals surface area contributed by atoms with Crippen molar-refractivity contribution >= 4 is 28.6 Å². The van der Waals surface area contributed by atoms with Gasteiger partial charge in [0.1, 0.15) is 11.4 Å². The van der Waals surface area contributed by atoms with Crippen LogP contribution in [0, 0.1) is 10.1 Å². The fraction of sp³-hybridized carbons (Fsp3) is 0.227. The summed E-state index contributed by atoms with van der Waals surface area (Å²) >= 11 is 1.74. The minimum atomic E-state index is -0.524. The summed E-state index contributed by atoms with van der Waals surface area (Å²) in [4.78, 5) is 27.2. The van der Waals surface area contributed by atoms with E-state index in [9.17, 15) is 14.9 Å². The van der Waals surface area contributed by atoms with Gasteiger partial charge in [0.05, 0.1) is 30.7 Å². The third kappa shape index (κ3) is 4.05. The number of thiophene rings is 1. The molecule has 2 aromatic carbocycles. The molecule has 0 saturated heterocycles. The fourth-order valence-corrected chi connectivity index (χ4v) is 4.74. The van der Waals surface area contributed by atoms with Gasteiger partial charge in [0.15, 0.2) is 0 Å². The zero-order valence-corrected chi connectivity index (χ0v) is 17.2. The highest BCUT2D eigenvalue weighted by atomic mass is 32.1. The van der Waals surface area contributed by atoms with Crippen molar-refractivity contribution in [2.24, 2.45) is 0 Å². The number of methoxy groups -OCH3 is 1. The molecule has 2 heterocycles. The molecule has 1 amide bonds. The lowest BCUT2D eigenvalue weighted by atomic mass is 9.93. The topological polar surface area (TPSA) is 84.7 Å². The third-order valence-electron chi connectivity index (χ3n) is 5.20. The van der Waals surface area contributed by atoms with Gasteiger partial charge < -0.3 is 10.1 Å². The van der Waals surface area contributed by atoms with E-state index in [1.807, 2.05) is 18.2 Å². The van der Waals surface area contributed by atoms with Crippen LogP contribution in [0.4, 0.5) is 11.4 Å². The number of amides is 1. The maximum absolute atomic E-state index is 12.8. The number of hydrogen-bond donors (Lipinski definition) is 1. The third-order valence-corrected chi connectivity index (χ3v) is 6.20. The Hall–Kier alpha value is -3.23. The van der Waals surface area contributed by atoms with E-state index in [2.05, 4.69) is 33.8 Å². The quantitative estimate of drug-likeness (QED) is 0.473. The van der Waals surface area contributed by atoms with Crippen molar-refractivity contribution < 1.29 is 14.5 Å². The number of fused-ring (bicyclic) bond motifs is 1. The van der Waals surface area contributed by atoms with Crippen LogP contribution in [-0.2, 0) is 11.2 Å². The molecule has 1 atom stereocenters. The number of ether oxygens (including phenoxy) is 1. The lowest BCUT2D eigenvalue weighted by molar-refractivity contribution is -0.384. The number of rotatable bonds is 6. The summed E-state index contributed by atoms with van der Waals surface area (Å²) in [5.74, 6) is 0.0766. The van der Waals surface area contributed by atoms with E-state index in [1.54, 1.807) is 17.4 Å². The van der Waals surface area contributed by atoms with E-state index in [4.69, 9.17) is 4.74 Å². The number of anilines is 1. The second-order valence-corrected chi connectivity index (χ2v) is 8.02. The second kappa shape index (κ2) is 8.64. The molecule has 7 nitrogen and oxygen atoms in total. The lowest BCUT2D eigenvalue weighted by Crippen LogP contribution is -2.40. The summed E-state index contributed by atoms with van der Waals surface area (Å²) in [7, 11) is 1.44. The molecule has 3 aromatic rings. The van der Waals surface area contributed by atoms with Gasteiger partial charge in [0.2, 0.25) is 5.91 Å². The molecule has 0 aliphatic carbocycles. The van der Waals surface area contributed by atoms with Gasteiger partial charge in [-0.2, -0.15) is 0 Å². The lowest BCUT2D eigenvalue weighted by Gasteiger charge is -2.35. The van der Waals surface area contributed by atoms with Crippen molar-refractivity contribution in [3.63, 3.8) is 0 Å². The van der Waals surface area contributed by atoms with Crippen molar-refractivity contribution in [3.05, 3.63) is 86.1 Å². The average molecular weight is 423 g/mol. The van der Waals surface area contributed by atoms with Gasteiger partial charge in [-0.05, 0) is 41.1 Å². The molecule has 1 aromatic heterocycles. The van der Waals surface area contributed by atoms with Crippen LogP contribution in [0.5, 0.6) is 5.75 Å². The molecule has 1 aliphatic rings. The normalized spacial score (nSPS) is 16.0. The minimum Gasteiger partial charge on any atom is -0.496 e. The Balaban J connectivity index is 1.56. The fourth-order valence-electron chi connectivity index (χ4n) is 3.83. The van der Waals surface area contributed by atoms with Gasteiger partial charge in [-0.3, -0.25) is 19.8 Å². The van der Waals surface area contributed by atoms with Crippen LogP contribution in [-0.4, -0.2) is 35.9 Å². The summed E-state index contributed by atoms with van der Waals surface area (Å²) in [6.45, 7) is 0.878. The number of carbonyl (C=O) groups excluding carboxylic acids is 1. The summed E-state index contributed by atoms with van der Waals surface area (Å²) < 4.78 is 5.05. The van der Waals surface area contributed by atoms with E-state index in [1.165, 1.54) is 29.7 Å². The maximum Gasteiger partial charge on any atom is 0.296 e. The largest absolute Gasteiger partial charge is 0.496 e. The zero-order valence-electron chi connectivity index (χ0n) is 16.4. The molecule has 30 heavy (non-hydrogen) atoms. The van der Waals surface area contributed by atoms with Crippen LogP contribution in [0.2, 0.25) is 0 Å². The number of hydrogen-bond acceptors (Lipinski definition) is 6. The monoisotopic (exact) mass is 423 g/mol. The summed E-state index contributed by atoms with van der Waals surface area (Å²) in [5.41, 5.74) is 2.32.